The number of hydrogen-bond acceptors (Lipinski definition) is 6. The van der Waals surface area contributed by atoms with E-state index in [-0.39, 0.29) is 31.1 Å². The predicted molar refractivity (Wildman–Crippen MR) is 293 cm³/mol. The second kappa shape index (κ2) is 56.4. The van der Waals surface area contributed by atoms with Crippen molar-refractivity contribution in [2.24, 2.45) is 0 Å². The molecule has 0 spiro atoms. The van der Waals surface area contributed by atoms with Gasteiger partial charge in [0.2, 0.25) is 0 Å². The number of ether oxygens (including phenoxy) is 3. The fraction of sp³-hybridized carbons (Fsp3) is 0.758. The van der Waals surface area contributed by atoms with Crippen LogP contribution in [-0.4, -0.2) is 37.2 Å². The van der Waals surface area contributed by atoms with Gasteiger partial charge in [0.1, 0.15) is 13.2 Å². The highest BCUT2D eigenvalue weighted by Crippen LogP contribution is 2.14. The van der Waals surface area contributed by atoms with Crippen LogP contribution in [0.25, 0.3) is 0 Å². The molecule has 6 heteroatoms. The van der Waals surface area contributed by atoms with E-state index in [4.69, 9.17) is 14.2 Å². The molecule has 0 aliphatic rings. The summed E-state index contributed by atoms with van der Waals surface area (Å²) in [6, 6.07) is 0. The van der Waals surface area contributed by atoms with Crippen molar-refractivity contribution < 1.29 is 28.6 Å². The molecule has 0 aromatic carbocycles. The third-order valence-electron chi connectivity index (χ3n) is 12.4. The van der Waals surface area contributed by atoms with E-state index < -0.39 is 6.10 Å². The summed E-state index contributed by atoms with van der Waals surface area (Å²) in [6.07, 6.45) is 71.7. The van der Waals surface area contributed by atoms with Gasteiger partial charge in [0.25, 0.3) is 0 Å². The smallest absolute Gasteiger partial charge is 0.306 e. The minimum absolute atomic E-state index is 0.0869. The quantitative estimate of drug-likeness (QED) is 0.0262. The molecule has 0 radical (unpaired) electrons. The summed E-state index contributed by atoms with van der Waals surface area (Å²) in [5.41, 5.74) is 0. The van der Waals surface area contributed by atoms with Crippen molar-refractivity contribution in [2.45, 2.75) is 290 Å². The molecule has 0 aliphatic carbocycles. The Morgan fingerprint density at radius 3 is 0.868 bits per heavy atom. The van der Waals surface area contributed by atoms with Crippen molar-refractivity contribution >= 4 is 17.9 Å². The van der Waals surface area contributed by atoms with E-state index in [1.54, 1.807) is 0 Å². The van der Waals surface area contributed by atoms with Crippen LogP contribution < -0.4 is 0 Å². The molecule has 0 aliphatic heterocycles. The van der Waals surface area contributed by atoms with Crippen LogP contribution in [0.1, 0.15) is 284 Å². The van der Waals surface area contributed by atoms with Crippen LogP contribution in [0.15, 0.2) is 72.9 Å². The Labute approximate surface area is 421 Å². The molecule has 0 N–H and O–H groups in total. The first-order valence-corrected chi connectivity index (χ1v) is 28.9. The van der Waals surface area contributed by atoms with Crippen LogP contribution in [0.3, 0.4) is 0 Å². The Balaban J connectivity index is 4.41. The highest BCUT2D eigenvalue weighted by atomic mass is 16.6. The van der Waals surface area contributed by atoms with Crippen molar-refractivity contribution in [3.8, 4) is 0 Å². The summed E-state index contributed by atoms with van der Waals surface area (Å²) in [7, 11) is 0. The van der Waals surface area contributed by atoms with Gasteiger partial charge >= 0.3 is 17.9 Å². The fourth-order valence-electron chi connectivity index (χ4n) is 8.00. The number of allylic oxidation sites excluding steroid dienone is 12. The molecule has 0 saturated heterocycles. The third kappa shape index (κ3) is 53.8. The van der Waals surface area contributed by atoms with Gasteiger partial charge in [0.05, 0.1) is 0 Å². The molecule has 0 rings (SSSR count). The molecular weight excluding hydrogens is 841 g/mol. The van der Waals surface area contributed by atoms with Crippen molar-refractivity contribution in [3.05, 3.63) is 72.9 Å². The predicted octanol–water partition coefficient (Wildman–Crippen LogP) is 19.4. The maximum absolute atomic E-state index is 12.9. The molecule has 0 bridgehead atoms. The molecule has 1 atom stereocenters. The lowest BCUT2D eigenvalue weighted by molar-refractivity contribution is -0.167. The van der Waals surface area contributed by atoms with Gasteiger partial charge in [-0.2, -0.15) is 0 Å². The summed E-state index contributed by atoms with van der Waals surface area (Å²) in [5, 5.41) is 0. The van der Waals surface area contributed by atoms with Gasteiger partial charge in [-0.1, -0.05) is 222 Å². The summed E-state index contributed by atoms with van der Waals surface area (Å²) < 4.78 is 16.9. The van der Waals surface area contributed by atoms with Crippen LogP contribution >= 0.6 is 0 Å². The monoisotopic (exact) mass is 949 g/mol. The first-order chi connectivity index (χ1) is 33.5. The molecule has 0 amide bonds. The largest absolute Gasteiger partial charge is 0.462 e. The van der Waals surface area contributed by atoms with Crippen LogP contribution in [0, 0.1) is 0 Å². The van der Waals surface area contributed by atoms with Crippen molar-refractivity contribution in [1.29, 1.82) is 0 Å². The zero-order chi connectivity index (χ0) is 49.3. The van der Waals surface area contributed by atoms with Crippen LogP contribution in [0.5, 0.6) is 0 Å². The van der Waals surface area contributed by atoms with Crippen molar-refractivity contribution in [1.82, 2.24) is 0 Å². The fourth-order valence-corrected chi connectivity index (χ4v) is 8.00. The number of carbonyl (C=O) groups excluding carboxylic acids is 3. The zero-order valence-corrected chi connectivity index (χ0v) is 44.9. The van der Waals surface area contributed by atoms with Gasteiger partial charge in [-0.15, -0.1) is 0 Å². The molecule has 392 valence electrons. The van der Waals surface area contributed by atoms with Crippen molar-refractivity contribution in [2.75, 3.05) is 13.2 Å². The number of carbonyl (C=O) groups is 3. The molecule has 1 unspecified atom stereocenters. The van der Waals surface area contributed by atoms with E-state index in [2.05, 4.69) is 93.7 Å². The lowest BCUT2D eigenvalue weighted by atomic mass is 10.1. The summed E-state index contributed by atoms with van der Waals surface area (Å²) in [4.78, 5) is 38.2. The van der Waals surface area contributed by atoms with E-state index in [1.165, 1.54) is 148 Å². The molecule has 0 fully saturated rings. The molecule has 0 aromatic heterocycles. The highest BCUT2D eigenvalue weighted by molar-refractivity contribution is 5.71. The average molecular weight is 950 g/mol. The van der Waals surface area contributed by atoms with Gasteiger partial charge in [-0.05, 0) is 116 Å². The van der Waals surface area contributed by atoms with Gasteiger partial charge in [-0.25, -0.2) is 0 Å². The second-order valence-corrected chi connectivity index (χ2v) is 19.2. The molecular formula is C62H108O6. The molecule has 68 heavy (non-hydrogen) atoms. The standard InChI is InChI=1S/C62H108O6/c1-4-7-10-13-16-19-22-25-27-29-31-33-34-37-40-43-46-49-52-55-61(64)67-58-59(57-66-60(63)54-51-48-45-42-39-36-24-21-18-15-12-9-6-3)68-62(65)56-53-50-47-44-41-38-35-32-30-28-26-23-20-17-14-11-8-5-2/h16,19-21,23-25,27-28,30-31,33,59H,4-15,17-18,22,26,29,32,34-58H2,1-3H3/b19-16-,23-20-,24-21-,27-25-,30-28-,33-31-. The Bertz CT molecular complexity index is 1270. The Kier molecular flexibility index (Phi) is 53.8. The van der Waals surface area contributed by atoms with E-state index >= 15 is 0 Å². The number of unbranched alkanes of at least 4 members (excludes halogenated alkanes) is 29. The molecule has 6 nitrogen and oxygen atoms in total. The van der Waals surface area contributed by atoms with Gasteiger partial charge in [0.15, 0.2) is 6.10 Å². The summed E-state index contributed by atoms with van der Waals surface area (Å²) in [6.45, 7) is 6.57. The SMILES string of the molecule is CCCCC/C=C\C/C=C\C/C=C\CCCCCCCCC(=O)OCC(COC(=O)CCCCCCC/C=C\CCCCCC)OC(=O)CCCCCCCCC/C=C\C/C=C\CCCCCC. The summed E-state index contributed by atoms with van der Waals surface area (Å²) >= 11 is 0. The Morgan fingerprint density at radius 2 is 0.529 bits per heavy atom. The first kappa shape index (κ1) is 64.8. The van der Waals surface area contributed by atoms with Crippen LogP contribution in [0.2, 0.25) is 0 Å². The lowest BCUT2D eigenvalue weighted by Gasteiger charge is -2.18. The maximum Gasteiger partial charge on any atom is 0.306 e. The second-order valence-electron chi connectivity index (χ2n) is 19.2. The van der Waals surface area contributed by atoms with Crippen LogP contribution in [-0.2, 0) is 28.6 Å². The Hall–Kier alpha value is -3.15. The normalized spacial score (nSPS) is 12.6. The lowest BCUT2D eigenvalue weighted by Crippen LogP contribution is -2.30. The average Bonchev–Trinajstić information content (AvgIpc) is 3.34. The van der Waals surface area contributed by atoms with Gasteiger partial charge < -0.3 is 14.2 Å². The number of hydrogen-bond donors (Lipinski definition) is 0. The molecule has 0 heterocycles. The minimum Gasteiger partial charge on any atom is -0.462 e. The first-order valence-electron chi connectivity index (χ1n) is 28.9. The number of esters is 3. The van der Waals surface area contributed by atoms with Crippen LogP contribution in [0.4, 0.5) is 0 Å². The van der Waals surface area contributed by atoms with Gasteiger partial charge in [0, 0.05) is 19.3 Å². The molecule has 0 aromatic rings. The summed E-state index contributed by atoms with van der Waals surface area (Å²) in [5.74, 6) is -0.908. The third-order valence-corrected chi connectivity index (χ3v) is 12.4. The molecule has 0 saturated carbocycles. The Morgan fingerprint density at radius 1 is 0.294 bits per heavy atom. The topological polar surface area (TPSA) is 78.9 Å². The minimum atomic E-state index is -0.789. The van der Waals surface area contributed by atoms with E-state index in [1.807, 2.05) is 0 Å². The number of rotatable bonds is 52. The van der Waals surface area contributed by atoms with E-state index in [0.717, 1.165) is 96.3 Å². The van der Waals surface area contributed by atoms with E-state index in [9.17, 15) is 14.4 Å². The zero-order valence-electron chi connectivity index (χ0n) is 44.9. The van der Waals surface area contributed by atoms with Crippen molar-refractivity contribution in [3.63, 3.8) is 0 Å². The van der Waals surface area contributed by atoms with E-state index in [0.29, 0.717) is 19.3 Å². The maximum atomic E-state index is 12.9. The highest BCUT2D eigenvalue weighted by Gasteiger charge is 2.19. The van der Waals surface area contributed by atoms with Gasteiger partial charge in [-0.3, -0.25) is 14.4 Å².